The van der Waals surface area contributed by atoms with Crippen molar-refractivity contribution in [3.63, 3.8) is 0 Å². The molecule has 210 valence electrons. The molecule has 3 atom stereocenters. The first-order valence-electron chi connectivity index (χ1n) is 15.2. The van der Waals surface area contributed by atoms with Gasteiger partial charge in [-0.1, -0.05) is 115 Å². The summed E-state index contributed by atoms with van der Waals surface area (Å²) >= 11 is 1.89. The van der Waals surface area contributed by atoms with Gasteiger partial charge in [-0.3, -0.25) is 0 Å². The third-order valence-corrected chi connectivity index (χ3v) is 10.8. The highest BCUT2D eigenvalue weighted by Crippen LogP contribution is 2.58. The van der Waals surface area contributed by atoms with Crippen LogP contribution in [-0.2, 0) is 0 Å². The smallest absolute Gasteiger partial charge is 0.177 e. The number of ether oxygens (including phenoxy) is 1. The minimum atomic E-state index is -0.0744. The van der Waals surface area contributed by atoms with E-state index < -0.39 is 0 Å². The average molecular weight is 586 g/mol. The lowest BCUT2D eigenvalue weighted by molar-refractivity contribution is 0.326. The van der Waals surface area contributed by atoms with Crippen LogP contribution >= 0.6 is 11.3 Å². The van der Waals surface area contributed by atoms with E-state index in [4.69, 9.17) is 9.73 Å². The van der Waals surface area contributed by atoms with Crippen molar-refractivity contribution in [2.75, 3.05) is 11.9 Å². The fraction of sp³-hybridized carbons (Fsp3) is 0.103. The Balaban J connectivity index is 1.34. The molecule has 4 nitrogen and oxygen atoms in total. The van der Waals surface area contributed by atoms with E-state index in [2.05, 4.69) is 144 Å². The Kier molecular flexibility index (Phi) is 4.94. The monoisotopic (exact) mass is 585 g/mol. The van der Waals surface area contributed by atoms with Gasteiger partial charge in [-0.25, -0.2) is 4.99 Å². The number of benzene rings is 5. The average Bonchev–Trinajstić information content (AvgIpc) is 3.76. The van der Waals surface area contributed by atoms with E-state index in [1.165, 1.54) is 47.8 Å². The molecule has 0 fully saturated rings. The second-order valence-electron chi connectivity index (χ2n) is 11.9. The van der Waals surface area contributed by atoms with E-state index in [0.29, 0.717) is 0 Å². The molecule has 0 amide bonds. The molecule has 1 aliphatic carbocycles. The van der Waals surface area contributed by atoms with E-state index >= 15 is 0 Å². The second kappa shape index (κ2) is 8.94. The highest BCUT2D eigenvalue weighted by Gasteiger charge is 2.47. The highest BCUT2D eigenvalue weighted by molar-refractivity contribution is 7.26. The molecule has 1 aromatic heterocycles. The Hall–Kier alpha value is -5.13. The number of para-hydroxylation sites is 1. The summed E-state index contributed by atoms with van der Waals surface area (Å²) in [6.07, 6.45) is 9.12. The molecule has 44 heavy (non-hydrogen) atoms. The number of allylic oxidation sites excluding steroid dienone is 2. The number of anilines is 1. The Bertz CT molecular complexity index is 2310. The van der Waals surface area contributed by atoms with E-state index in [-0.39, 0.29) is 18.0 Å². The number of hydrogen-bond donors (Lipinski definition) is 0. The van der Waals surface area contributed by atoms with Crippen LogP contribution in [0.5, 0.6) is 5.75 Å². The largest absolute Gasteiger partial charge is 0.455 e. The van der Waals surface area contributed by atoms with Crippen LogP contribution in [0.4, 0.5) is 5.69 Å². The summed E-state index contributed by atoms with van der Waals surface area (Å²) in [5.41, 5.74) is 4.89. The molecule has 0 radical (unpaired) electrons. The zero-order valence-corrected chi connectivity index (χ0v) is 24.8. The van der Waals surface area contributed by atoms with Gasteiger partial charge < -0.3 is 14.5 Å². The molecule has 3 unspecified atom stereocenters. The minimum Gasteiger partial charge on any atom is -0.455 e. The SMILES string of the molecule is CN1C(c2ccccc2)=NC(N2c3c(c4ccccc4c4sc5ccccc5c34)C3C=CC=CC32)=C2Oc3ccccc3C21. The fourth-order valence-electron chi connectivity index (χ4n) is 7.79. The molecular weight excluding hydrogens is 559 g/mol. The van der Waals surface area contributed by atoms with Gasteiger partial charge in [0, 0.05) is 44.3 Å². The molecule has 5 heteroatoms. The van der Waals surface area contributed by atoms with Gasteiger partial charge in [0.25, 0.3) is 0 Å². The number of rotatable bonds is 2. The molecule has 5 aromatic carbocycles. The van der Waals surface area contributed by atoms with Gasteiger partial charge in [-0.2, -0.15) is 0 Å². The molecule has 0 bridgehead atoms. The van der Waals surface area contributed by atoms with Crippen molar-refractivity contribution < 1.29 is 4.74 Å². The molecule has 0 N–H and O–H groups in total. The molecular formula is C39H27N3OS. The number of amidine groups is 1. The number of hydrogen-bond acceptors (Lipinski definition) is 5. The van der Waals surface area contributed by atoms with Gasteiger partial charge in [-0.05, 0) is 28.5 Å². The molecule has 0 saturated carbocycles. The normalized spacial score (nSPS) is 21.5. The molecule has 3 aliphatic heterocycles. The zero-order valence-electron chi connectivity index (χ0n) is 24.0. The second-order valence-corrected chi connectivity index (χ2v) is 13.0. The van der Waals surface area contributed by atoms with Crippen molar-refractivity contribution in [2.24, 2.45) is 4.99 Å². The standard InChI is InChI=1S/C39H27N3OS/c1-41-34-27-18-8-11-21-30(27)43-36(34)39(40-38(41)23-13-3-2-4-14-23)42-29-20-10-7-17-26(29)32-24-15-5-6-16-25(24)37-33(35(32)42)28-19-9-12-22-31(28)44-37/h2-22,26,29,34H,1H3. The van der Waals surface area contributed by atoms with E-state index in [1.807, 2.05) is 11.3 Å². The maximum absolute atomic E-state index is 6.80. The quantitative estimate of drug-likeness (QED) is 0.203. The third kappa shape index (κ3) is 3.14. The topological polar surface area (TPSA) is 28.1 Å². The van der Waals surface area contributed by atoms with Gasteiger partial charge in [0.05, 0.1) is 11.7 Å². The molecule has 10 rings (SSSR count). The predicted molar refractivity (Wildman–Crippen MR) is 182 cm³/mol. The van der Waals surface area contributed by atoms with Crippen molar-refractivity contribution in [3.8, 4) is 5.75 Å². The van der Waals surface area contributed by atoms with Crippen LogP contribution in [0.2, 0.25) is 0 Å². The molecule has 0 saturated heterocycles. The van der Waals surface area contributed by atoms with E-state index in [1.54, 1.807) is 0 Å². The van der Waals surface area contributed by atoms with Crippen molar-refractivity contribution >= 4 is 53.8 Å². The Morgan fingerprint density at radius 3 is 2.36 bits per heavy atom. The Morgan fingerprint density at radius 2 is 1.48 bits per heavy atom. The van der Waals surface area contributed by atoms with Gasteiger partial charge in [0.1, 0.15) is 17.6 Å². The van der Waals surface area contributed by atoms with E-state index in [9.17, 15) is 0 Å². The van der Waals surface area contributed by atoms with Crippen LogP contribution in [0, 0.1) is 0 Å². The maximum Gasteiger partial charge on any atom is 0.177 e. The first-order valence-corrected chi connectivity index (χ1v) is 16.0. The van der Waals surface area contributed by atoms with E-state index in [0.717, 1.165) is 28.7 Å². The number of fused-ring (bicyclic) bond motifs is 13. The molecule has 4 heterocycles. The minimum absolute atomic E-state index is 0.0716. The lowest BCUT2D eigenvalue weighted by atomic mass is 9.87. The maximum atomic E-state index is 6.80. The van der Waals surface area contributed by atoms with Crippen LogP contribution in [0.25, 0.3) is 30.9 Å². The lowest BCUT2D eigenvalue weighted by Crippen LogP contribution is -2.41. The lowest BCUT2D eigenvalue weighted by Gasteiger charge is -2.37. The molecule has 0 spiro atoms. The summed E-state index contributed by atoms with van der Waals surface area (Å²) in [5.74, 6) is 3.82. The van der Waals surface area contributed by atoms with Gasteiger partial charge in [-0.15, -0.1) is 11.3 Å². The first kappa shape index (κ1) is 24.3. The summed E-state index contributed by atoms with van der Waals surface area (Å²) in [4.78, 5) is 10.3. The Morgan fingerprint density at radius 1 is 0.750 bits per heavy atom. The van der Waals surface area contributed by atoms with Crippen molar-refractivity contribution in [1.29, 1.82) is 0 Å². The van der Waals surface area contributed by atoms with Crippen LogP contribution < -0.4 is 9.64 Å². The van der Waals surface area contributed by atoms with Crippen molar-refractivity contribution in [2.45, 2.75) is 18.0 Å². The van der Waals surface area contributed by atoms with Gasteiger partial charge >= 0.3 is 0 Å². The predicted octanol–water partition coefficient (Wildman–Crippen LogP) is 9.30. The zero-order chi connectivity index (χ0) is 28.9. The first-order chi connectivity index (χ1) is 21.8. The van der Waals surface area contributed by atoms with Crippen LogP contribution in [-0.4, -0.2) is 23.8 Å². The van der Waals surface area contributed by atoms with Crippen LogP contribution in [0.1, 0.15) is 28.7 Å². The third-order valence-electron chi connectivity index (χ3n) is 9.62. The van der Waals surface area contributed by atoms with Crippen LogP contribution in [0.3, 0.4) is 0 Å². The number of aliphatic imine (C=N–C) groups is 1. The Labute approximate surface area is 259 Å². The number of thiophene rings is 1. The summed E-state index contributed by atoms with van der Waals surface area (Å²) in [5, 5.41) is 5.25. The summed E-state index contributed by atoms with van der Waals surface area (Å²) in [6.45, 7) is 0. The summed E-state index contributed by atoms with van der Waals surface area (Å²) in [7, 11) is 2.14. The number of nitrogens with zero attached hydrogens (tertiary/aromatic N) is 3. The molecule has 6 aromatic rings. The summed E-state index contributed by atoms with van der Waals surface area (Å²) < 4.78 is 9.44. The highest BCUT2D eigenvalue weighted by atomic mass is 32.1. The fourth-order valence-corrected chi connectivity index (χ4v) is 9.04. The van der Waals surface area contributed by atoms with Gasteiger partial charge in [0.15, 0.2) is 11.6 Å². The van der Waals surface area contributed by atoms with Crippen molar-refractivity contribution in [3.05, 3.63) is 156 Å². The summed E-state index contributed by atoms with van der Waals surface area (Å²) in [6, 6.07) is 36.8. The van der Waals surface area contributed by atoms with Crippen molar-refractivity contribution in [1.82, 2.24) is 4.90 Å². The molecule has 4 aliphatic rings. The van der Waals surface area contributed by atoms with Crippen LogP contribution in [0.15, 0.2) is 144 Å². The van der Waals surface area contributed by atoms with Gasteiger partial charge in [0.2, 0.25) is 0 Å². The number of likely N-dealkylation sites (N-methyl/N-ethyl adjacent to an activating group) is 1.